The summed E-state index contributed by atoms with van der Waals surface area (Å²) in [5, 5.41) is 5.72. The summed E-state index contributed by atoms with van der Waals surface area (Å²) in [6.45, 7) is 0.631. The van der Waals surface area contributed by atoms with Gasteiger partial charge in [0.1, 0.15) is 5.75 Å². The second kappa shape index (κ2) is 5.90. The van der Waals surface area contributed by atoms with Gasteiger partial charge in [-0.15, -0.1) is 0 Å². The van der Waals surface area contributed by atoms with Crippen molar-refractivity contribution in [2.24, 2.45) is 0 Å². The average Bonchev–Trinajstić information content (AvgIpc) is 2.29. The molecule has 0 radical (unpaired) electrons. The highest BCUT2D eigenvalue weighted by molar-refractivity contribution is 5.76. The first-order valence-electron chi connectivity index (χ1n) is 4.84. The van der Waals surface area contributed by atoms with Gasteiger partial charge < -0.3 is 15.4 Å². The molecule has 1 aromatic rings. The van der Waals surface area contributed by atoms with E-state index in [0.29, 0.717) is 13.0 Å². The summed E-state index contributed by atoms with van der Waals surface area (Å²) < 4.78 is 5.04. The van der Waals surface area contributed by atoms with E-state index in [9.17, 15) is 4.79 Å². The number of rotatable bonds is 5. The van der Waals surface area contributed by atoms with Crippen molar-refractivity contribution in [3.8, 4) is 5.75 Å². The van der Waals surface area contributed by atoms with Gasteiger partial charge in [-0.1, -0.05) is 0 Å². The Morgan fingerprint density at radius 1 is 1.33 bits per heavy atom. The van der Waals surface area contributed by atoms with Gasteiger partial charge in [0.25, 0.3) is 0 Å². The van der Waals surface area contributed by atoms with Crippen LogP contribution in [0.4, 0.5) is 5.69 Å². The number of methoxy groups -OCH3 is 1. The zero-order chi connectivity index (χ0) is 11.1. The van der Waals surface area contributed by atoms with Crippen LogP contribution in [-0.4, -0.2) is 26.6 Å². The van der Waals surface area contributed by atoms with E-state index in [0.717, 1.165) is 11.4 Å². The first-order valence-corrected chi connectivity index (χ1v) is 4.84. The molecule has 0 atom stereocenters. The van der Waals surface area contributed by atoms with Gasteiger partial charge in [-0.05, 0) is 24.3 Å². The number of nitrogens with one attached hydrogen (secondary N) is 2. The van der Waals surface area contributed by atoms with Gasteiger partial charge in [-0.3, -0.25) is 4.79 Å². The smallest absolute Gasteiger partial charge is 0.221 e. The number of benzene rings is 1. The van der Waals surface area contributed by atoms with Crippen molar-refractivity contribution in [3.05, 3.63) is 24.3 Å². The average molecular weight is 208 g/mol. The zero-order valence-corrected chi connectivity index (χ0v) is 9.04. The van der Waals surface area contributed by atoms with Crippen molar-refractivity contribution in [2.45, 2.75) is 6.42 Å². The fraction of sp³-hybridized carbons (Fsp3) is 0.364. The summed E-state index contributed by atoms with van der Waals surface area (Å²) in [6.07, 6.45) is 0.475. The van der Waals surface area contributed by atoms with Crippen molar-refractivity contribution in [3.63, 3.8) is 0 Å². The van der Waals surface area contributed by atoms with E-state index in [-0.39, 0.29) is 5.91 Å². The molecule has 4 heteroatoms. The van der Waals surface area contributed by atoms with Crippen LogP contribution in [-0.2, 0) is 4.79 Å². The molecule has 2 N–H and O–H groups in total. The number of hydrogen-bond donors (Lipinski definition) is 2. The lowest BCUT2D eigenvalue weighted by atomic mass is 10.3. The van der Waals surface area contributed by atoms with Crippen LogP contribution in [0, 0.1) is 0 Å². The van der Waals surface area contributed by atoms with Gasteiger partial charge in [-0.2, -0.15) is 0 Å². The monoisotopic (exact) mass is 208 g/mol. The number of anilines is 1. The summed E-state index contributed by atoms with van der Waals surface area (Å²) in [5.41, 5.74) is 0.986. The summed E-state index contributed by atoms with van der Waals surface area (Å²) in [4.78, 5) is 10.9. The molecular formula is C11H16N2O2. The second-order valence-corrected chi connectivity index (χ2v) is 3.08. The Morgan fingerprint density at radius 2 is 2.00 bits per heavy atom. The minimum Gasteiger partial charge on any atom is -0.497 e. The molecule has 0 saturated heterocycles. The van der Waals surface area contributed by atoms with Crippen molar-refractivity contribution < 1.29 is 9.53 Å². The lowest BCUT2D eigenvalue weighted by molar-refractivity contribution is -0.120. The highest BCUT2D eigenvalue weighted by atomic mass is 16.5. The molecule has 82 valence electrons. The van der Waals surface area contributed by atoms with Crippen molar-refractivity contribution in [1.82, 2.24) is 5.32 Å². The van der Waals surface area contributed by atoms with Crippen molar-refractivity contribution >= 4 is 11.6 Å². The van der Waals surface area contributed by atoms with Crippen LogP contribution < -0.4 is 15.4 Å². The van der Waals surface area contributed by atoms with Gasteiger partial charge in [-0.25, -0.2) is 0 Å². The number of ether oxygens (including phenoxy) is 1. The minimum atomic E-state index is 0.0380. The highest BCUT2D eigenvalue weighted by Gasteiger charge is 1.97. The lowest BCUT2D eigenvalue weighted by Gasteiger charge is -2.06. The summed E-state index contributed by atoms with van der Waals surface area (Å²) >= 11 is 0. The van der Waals surface area contributed by atoms with E-state index in [2.05, 4.69) is 10.6 Å². The van der Waals surface area contributed by atoms with Crippen LogP contribution in [0.1, 0.15) is 6.42 Å². The van der Waals surface area contributed by atoms with Crippen molar-refractivity contribution in [2.75, 3.05) is 26.0 Å². The highest BCUT2D eigenvalue weighted by Crippen LogP contribution is 2.14. The van der Waals surface area contributed by atoms with Crippen molar-refractivity contribution in [1.29, 1.82) is 0 Å². The maximum atomic E-state index is 10.9. The van der Waals surface area contributed by atoms with E-state index < -0.39 is 0 Å². The van der Waals surface area contributed by atoms with E-state index >= 15 is 0 Å². The molecule has 0 aromatic heterocycles. The Bertz CT molecular complexity index is 309. The molecule has 0 heterocycles. The predicted octanol–water partition coefficient (Wildman–Crippen LogP) is 1.24. The van der Waals surface area contributed by atoms with Gasteiger partial charge in [0.2, 0.25) is 5.91 Å². The lowest BCUT2D eigenvalue weighted by Crippen LogP contribution is -2.20. The Hall–Kier alpha value is -1.71. The molecule has 0 aliphatic heterocycles. The molecule has 4 nitrogen and oxygen atoms in total. The summed E-state index contributed by atoms with van der Waals surface area (Å²) in [5.74, 6) is 0.864. The molecule has 0 spiro atoms. The van der Waals surface area contributed by atoms with Crippen LogP contribution in [0.3, 0.4) is 0 Å². The van der Waals surface area contributed by atoms with Crippen LogP contribution in [0.25, 0.3) is 0 Å². The maximum absolute atomic E-state index is 10.9. The third-order valence-corrected chi connectivity index (χ3v) is 2.05. The Morgan fingerprint density at radius 3 is 2.53 bits per heavy atom. The van der Waals surface area contributed by atoms with Gasteiger partial charge >= 0.3 is 0 Å². The molecule has 0 unspecified atom stereocenters. The molecule has 0 saturated carbocycles. The fourth-order valence-electron chi connectivity index (χ4n) is 1.15. The van der Waals surface area contributed by atoms with Crippen LogP contribution in [0.15, 0.2) is 24.3 Å². The number of carbonyl (C=O) groups is 1. The Balaban J connectivity index is 2.34. The van der Waals surface area contributed by atoms with E-state index in [1.807, 2.05) is 24.3 Å². The SMILES string of the molecule is CNC(=O)CCNc1ccc(OC)cc1. The first kappa shape index (κ1) is 11.4. The third kappa shape index (κ3) is 3.89. The van der Waals surface area contributed by atoms with E-state index in [1.54, 1.807) is 14.2 Å². The van der Waals surface area contributed by atoms with Crippen LogP contribution in [0.5, 0.6) is 5.75 Å². The normalized spacial score (nSPS) is 9.47. The van der Waals surface area contributed by atoms with Crippen LogP contribution >= 0.6 is 0 Å². The Kier molecular flexibility index (Phi) is 4.47. The summed E-state index contributed by atoms with van der Waals surface area (Å²) in [6, 6.07) is 7.59. The summed E-state index contributed by atoms with van der Waals surface area (Å²) in [7, 11) is 3.27. The van der Waals surface area contributed by atoms with Gasteiger partial charge in [0, 0.05) is 25.7 Å². The second-order valence-electron chi connectivity index (χ2n) is 3.08. The largest absolute Gasteiger partial charge is 0.497 e. The molecule has 1 amide bonds. The number of amides is 1. The maximum Gasteiger partial charge on any atom is 0.221 e. The molecule has 1 rings (SSSR count). The topological polar surface area (TPSA) is 50.4 Å². The standard InChI is InChI=1S/C11H16N2O2/c1-12-11(14)7-8-13-9-3-5-10(15-2)6-4-9/h3-6,13H,7-8H2,1-2H3,(H,12,14). The first-order chi connectivity index (χ1) is 7.26. The third-order valence-electron chi connectivity index (χ3n) is 2.05. The number of carbonyl (C=O) groups excluding carboxylic acids is 1. The molecular weight excluding hydrogens is 192 g/mol. The fourth-order valence-corrected chi connectivity index (χ4v) is 1.15. The molecule has 0 bridgehead atoms. The predicted molar refractivity (Wildman–Crippen MR) is 60.2 cm³/mol. The molecule has 15 heavy (non-hydrogen) atoms. The zero-order valence-electron chi connectivity index (χ0n) is 9.04. The molecule has 0 aliphatic carbocycles. The van der Waals surface area contributed by atoms with Gasteiger partial charge in [0.05, 0.1) is 7.11 Å². The van der Waals surface area contributed by atoms with Crippen LogP contribution in [0.2, 0.25) is 0 Å². The van der Waals surface area contributed by atoms with Gasteiger partial charge in [0.15, 0.2) is 0 Å². The Labute approximate surface area is 89.6 Å². The minimum absolute atomic E-state index is 0.0380. The number of hydrogen-bond acceptors (Lipinski definition) is 3. The quantitative estimate of drug-likeness (QED) is 0.765. The van der Waals surface area contributed by atoms with E-state index in [1.165, 1.54) is 0 Å². The molecule has 0 fully saturated rings. The molecule has 1 aromatic carbocycles. The van der Waals surface area contributed by atoms with E-state index in [4.69, 9.17) is 4.74 Å². The molecule has 0 aliphatic rings.